The molecular formula is C17H22BrNS. The van der Waals surface area contributed by atoms with Gasteiger partial charge in [-0.2, -0.15) is 0 Å². The first-order valence-electron chi connectivity index (χ1n) is 7.21. The second-order valence-electron chi connectivity index (χ2n) is 5.38. The maximum atomic E-state index is 3.66. The molecule has 20 heavy (non-hydrogen) atoms. The van der Waals surface area contributed by atoms with E-state index in [9.17, 15) is 0 Å². The van der Waals surface area contributed by atoms with Crippen LogP contribution < -0.4 is 5.32 Å². The molecule has 0 aliphatic rings. The summed E-state index contributed by atoms with van der Waals surface area (Å²) in [7, 11) is 0. The van der Waals surface area contributed by atoms with Crippen LogP contribution in [0.15, 0.2) is 40.9 Å². The standard InChI is InChI=1S/C17H22BrNS/c1-4-11-19-17(12(2)3)16-10-9-15(20-16)13-5-7-14(18)8-6-13/h5-10,12,17,19H,4,11H2,1-3H3. The van der Waals surface area contributed by atoms with E-state index in [1.807, 2.05) is 11.3 Å². The number of halogens is 1. The molecule has 0 fully saturated rings. The number of benzene rings is 1. The van der Waals surface area contributed by atoms with Gasteiger partial charge in [-0.1, -0.05) is 48.8 Å². The Kier molecular flexibility index (Phi) is 5.82. The quantitative estimate of drug-likeness (QED) is 0.685. The predicted molar refractivity (Wildman–Crippen MR) is 93.3 cm³/mol. The van der Waals surface area contributed by atoms with Crippen molar-refractivity contribution in [2.24, 2.45) is 5.92 Å². The van der Waals surface area contributed by atoms with Crippen molar-refractivity contribution < 1.29 is 0 Å². The molecule has 0 amide bonds. The molecule has 1 N–H and O–H groups in total. The zero-order valence-corrected chi connectivity index (χ0v) is 14.7. The zero-order valence-electron chi connectivity index (χ0n) is 12.3. The van der Waals surface area contributed by atoms with Crippen LogP contribution in [-0.4, -0.2) is 6.54 Å². The van der Waals surface area contributed by atoms with Gasteiger partial charge in [0, 0.05) is 20.3 Å². The molecule has 0 saturated carbocycles. The van der Waals surface area contributed by atoms with E-state index in [0.29, 0.717) is 12.0 Å². The Balaban J connectivity index is 2.20. The third-order valence-electron chi connectivity index (χ3n) is 3.34. The highest BCUT2D eigenvalue weighted by Crippen LogP contribution is 2.34. The van der Waals surface area contributed by atoms with Crippen molar-refractivity contribution in [2.75, 3.05) is 6.54 Å². The molecule has 0 radical (unpaired) electrons. The average molecular weight is 352 g/mol. The van der Waals surface area contributed by atoms with Gasteiger partial charge in [0.25, 0.3) is 0 Å². The lowest BCUT2D eigenvalue weighted by molar-refractivity contribution is 0.418. The van der Waals surface area contributed by atoms with Gasteiger partial charge in [-0.15, -0.1) is 11.3 Å². The highest BCUT2D eigenvalue weighted by atomic mass is 79.9. The summed E-state index contributed by atoms with van der Waals surface area (Å²) in [5.41, 5.74) is 1.29. The van der Waals surface area contributed by atoms with Crippen LogP contribution in [0.4, 0.5) is 0 Å². The Labute approximate surface area is 134 Å². The molecular weight excluding hydrogens is 330 g/mol. The second-order valence-corrected chi connectivity index (χ2v) is 7.42. The highest BCUT2D eigenvalue weighted by Gasteiger charge is 2.17. The summed E-state index contributed by atoms with van der Waals surface area (Å²) in [6.45, 7) is 7.86. The van der Waals surface area contributed by atoms with E-state index in [-0.39, 0.29) is 0 Å². The van der Waals surface area contributed by atoms with Gasteiger partial charge < -0.3 is 5.32 Å². The van der Waals surface area contributed by atoms with Crippen molar-refractivity contribution in [3.8, 4) is 10.4 Å². The van der Waals surface area contributed by atoms with Crippen LogP contribution in [0.1, 0.15) is 38.1 Å². The Morgan fingerprint density at radius 2 is 1.80 bits per heavy atom. The Morgan fingerprint density at radius 3 is 2.40 bits per heavy atom. The van der Waals surface area contributed by atoms with Gasteiger partial charge >= 0.3 is 0 Å². The van der Waals surface area contributed by atoms with E-state index in [1.165, 1.54) is 21.7 Å². The number of hydrogen-bond donors (Lipinski definition) is 1. The van der Waals surface area contributed by atoms with Crippen molar-refractivity contribution in [3.05, 3.63) is 45.7 Å². The van der Waals surface area contributed by atoms with Gasteiger partial charge in [0.1, 0.15) is 0 Å². The Morgan fingerprint density at radius 1 is 1.10 bits per heavy atom. The fraction of sp³-hybridized carbons (Fsp3) is 0.412. The minimum absolute atomic E-state index is 0.462. The second kappa shape index (κ2) is 7.39. The van der Waals surface area contributed by atoms with E-state index in [1.54, 1.807) is 0 Å². The minimum atomic E-state index is 0.462. The van der Waals surface area contributed by atoms with Crippen molar-refractivity contribution in [1.29, 1.82) is 0 Å². The Bertz CT molecular complexity index is 530. The van der Waals surface area contributed by atoms with Gasteiger partial charge in [0.2, 0.25) is 0 Å². The maximum Gasteiger partial charge on any atom is 0.0438 e. The van der Waals surface area contributed by atoms with Gasteiger partial charge in [-0.3, -0.25) is 0 Å². The van der Waals surface area contributed by atoms with Gasteiger partial charge in [-0.25, -0.2) is 0 Å². The summed E-state index contributed by atoms with van der Waals surface area (Å²) in [6.07, 6.45) is 1.17. The molecule has 1 atom stereocenters. The number of rotatable bonds is 6. The number of hydrogen-bond acceptors (Lipinski definition) is 2. The average Bonchev–Trinajstić information content (AvgIpc) is 2.89. The molecule has 1 heterocycles. The predicted octanol–water partition coefficient (Wildman–Crippen LogP) is 5.87. The van der Waals surface area contributed by atoms with Crippen molar-refractivity contribution in [1.82, 2.24) is 5.32 Å². The molecule has 1 aromatic heterocycles. The van der Waals surface area contributed by atoms with Crippen LogP contribution >= 0.6 is 27.3 Å². The number of thiophene rings is 1. The molecule has 0 bridgehead atoms. The van der Waals surface area contributed by atoms with Crippen LogP contribution in [0.2, 0.25) is 0 Å². The Hall–Kier alpha value is -0.640. The molecule has 108 valence electrons. The van der Waals surface area contributed by atoms with Crippen molar-refractivity contribution in [3.63, 3.8) is 0 Å². The summed E-state index contributed by atoms with van der Waals surface area (Å²) in [6, 6.07) is 13.5. The number of nitrogens with one attached hydrogen (secondary N) is 1. The van der Waals surface area contributed by atoms with Gasteiger partial charge in [-0.05, 0) is 48.7 Å². The summed E-state index contributed by atoms with van der Waals surface area (Å²) >= 11 is 5.39. The fourth-order valence-electron chi connectivity index (χ4n) is 2.25. The zero-order chi connectivity index (χ0) is 14.5. The topological polar surface area (TPSA) is 12.0 Å². The molecule has 0 aliphatic carbocycles. The lowest BCUT2D eigenvalue weighted by atomic mass is 10.0. The first-order chi connectivity index (χ1) is 9.61. The molecule has 1 nitrogen and oxygen atoms in total. The first-order valence-corrected chi connectivity index (χ1v) is 8.81. The third-order valence-corrected chi connectivity index (χ3v) is 5.09. The monoisotopic (exact) mass is 351 g/mol. The molecule has 2 rings (SSSR count). The summed E-state index contributed by atoms with van der Waals surface area (Å²) < 4.78 is 1.13. The molecule has 1 aromatic carbocycles. The van der Waals surface area contributed by atoms with E-state index in [4.69, 9.17) is 0 Å². The summed E-state index contributed by atoms with van der Waals surface area (Å²) in [5.74, 6) is 0.609. The first kappa shape index (κ1) is 15.7. The summed E-state index contributed by atoms with van der Waals surface area (Å²) in [4.78, 5) is 2.78. The normalized spacial score (nSPS) is 12.8. The van der Waals surface area contributed by atoms with E-state index >= 15 is 0 Å². The lowest BCUT2D eigenvalue weighted by Crippen LogP contribution is -2.25. The maximum absolute atomic E-state index is 3.66. The van der Waals surface area contributed by atoms with Crippen molar-refractivity contribution in [2.45, 2.75) is 33.2 Å². The SMILES string of the molecule is CCCNC(c1ccc(-c2ccc(Br)cc2)s1)C(C)C. The largest absolute Gasteiger partial charge is 0.309 e. The minimum Gasteiger partial charge on any atom is -0.309 e. The fourth-order valence-corrected chi connectivity index (χ4v) is 3.78. The van der Waals surface area contributed by atoms with Crippen LogP contribution in [0, 0.1) is 5.92 Å². The molecule has 0 spiro atoms. The molecule has 3 heteroatoms. The molecule has 0 aliphatic heterocycles. The van der Waals surface area contributed by atoms with E-state index in [2.05, 4.69) is 78.4 Å². The van der Waals surface area contributed by atoms with Crippen LogP contribution in [0.25, 0.3) is 10.4 Å². The van der Waals surface area contributed by atoms with Gasteiger partial charge in [0.15, 0.2) is 0 Å². The van der Waals surface area contributed by atoms with Crippen LogP contribution in [0.5, 0.6) is 0 Å². The smallest absolute Gasteiger partial charge is 0.0438 e. The molecule has 0 saturated heterocycles. The van der Waals surface area contributed by atoms with Crippen molar-refractivity contribution >= 4 is 27.3 Å². The summed E-state index contributed by atoms with van der Waals surface area (Å²) in [5, 5.41) is 3.66. The van der Waals surface area contributed by atoms with Crippen LogP contribution in [0.3, 0.4) is 0 Å². The van der Waals surface area contributed by atoms with E-state index < -0.39 is 0 Å². The van der Waals surface area contributed by atoms with E-state index in [0.717, 1.165) is 11.0 Å². The van der Waals surface area contributed by atoms with Gasteiger partial charge in [0.05, 0.1) is 0 Å². The molecule has 1 unspecified atom stereocenters. The van der Waals surface area contributed by atoms with Crippen LogP contribution in [-0.2, 0) is 0 Å². The lowest BCUT2D eigenvalue weighted by Gasteiger charge is -2.20. The third kappa shape index (κ3) is 3.94. The molecule has 2 aromatic rings. The highest BCUT2D eigenvalue weighted by molar-refractivity contribution is 9.10.